The smallest absolute Gasteiger partial charge is 0.424 e. The van der Waals surface area contributed by atoms with Crippen LogP contribution in [0.15, 0.2) is 0 Å². The third-order valence-corrected chi connectivity index (χ3v) is 0.224. The first kappa shape index (κ1) is 29.8. The normalized spacial score (nSPS) is 5.82. The summed E-state index contributed by atoms with van der Waals surface area (Å²) < 4.78 is 0. The van der Waals surface area contributed by atoms with Crippen molar-refractivity contribution in [2.24, 2.45) is 0 Å². The summed E-state index contributed by atoms with van der Waals surface area (Å²) >= 11 is 0. The quantitative estimate of drug-likeness (QED) is 0.165. The molecule has 0 fully saturated rings. The van der Waals surface area contributed by atoms with Gasteiger partial charge in [-0.15, -0.1) is 0 Å². The van der Waals surface area contributed by atoms with Crippen LogP contribution in [-0.4, -0.2) is 34.2 Å². The van der Waals surface area contributed by atoms with Crippen LogP contribution in [0.5, 0.6) is 0 Å². The maximum atomic E-state index is 8.78. The molecule has 0 aromatic rings. The Balaban J connectivity index is -0.0000000400. The van der Waals surface area contributed by atoms with Gasteiger partial charge in [0.1, 0.15) is 0 Å². The minimum Gasteiger partial charge on any atom is -0.424 e. The van der Waals surface area contributed by atoms with E-state index in [1.54, 1.807) is 0 Å². The molecule has 0 aliphatic carbocycles. The number of carbonyl (C=O) groups excluding carboxylic acids is 3. The van der Waals surface area contributed by atoms with Crippen LogP contribution in [0.4, 0.5) is 14.4 Å². The fourth-order valence-electron chi connectivity index (χ4n) is 0. The molecule has 0 aromatic carbocycles. The summed E-state index contributed by atoms with van der Waals surface area (Å²) in [5.41, 5.74) is 0. The Hall–Kier alpha value is -0.816. The first-order valence-corrected chi connectivity index (χ1v) is 2.38. The third kappa shape index (κ3) is 98.2. The van der Waals surface area contributed by atoms with Gasteiger partial charge in [0.25, 0.3) is 18.5 Å². The average molecular weight is 313 g/mol. The average Bonchev–Trinajstić information content (AvgIpc) is 2.19. The van der Waals surface area contributed by atoms with Gasteiger partial charge in [0.05, 0.1) is 0 Å². The molecule has 0 aliphatic rings. The van der Waals surface area contributed by atoms with Gasteiger partial charge in [-0.25, -0.2) is 0 Å². The summed E-state index contributed by atoms with van der Waals surface area (Å²) in [6.07, 6.45) is -5.82. The molecule has 3 N–H and O–H groups in total. The van der Waals surface area contributed by atoms with Crippen molar-refractivity contribution in [2.75, 3.05) is 0 Å². The van der Waals surface area contributed by atoms with E-state index >= 15 is 0 Å². The maximum Gasteiger partial charge on any atom is 2.00 e. The van der Waals surface area contributed by atoms with Gasteiger partial charge in [0.15, 0.2) is 0 Å². The molecule has 14 heteroatoms. The van der Waals surface area contributed by atoms with Crippen LogP contribution in [0.25, 0.3) is 0 Å². The molecule has 0 heterocycles. The summed E-state index contributed by atoms with van der Waals surface area (Å²) in [6, 6.07) is 0. The summed E-state index contributed by atoms with van der Waals surface area (Å²) in [5.74, 6) is 0. The zero-order valence-electron chi connectivity index (χ0n) is 7.83. The van der Waals surface area contributed by atoms with Crippen molar-refractivity contribution in [1.29, 1.82) is 0 Å². The molecule has 0 aliphatic heterocycles. The van der Waals surface area contributed by atoms with Gasteiger partial charge in [-0.2, -0.15) is 0 Å². The largest absolute Gasteiger partial charge is 2.00 e. The molecular formula is C3H3NaNiO12. The summed E-state index contributed by atoms with van der Waals surface area (Å²) in [6.45, 7) is 0. The Kier molecular flexibility index (Phi) is 42.9. The number of carboxylic acid groups (broad SMARTS) is 3. The molecule has 0 rings (SSSR count). The van der Waals surface area contributed by atoms with Crippen molar-refractivity contribution >= 4 is 18.5 Å². The van der Waals surface area contributed by atoms with Gasteiger partial charge in [-0.1, -0.05) is 0 Å². The number of hydrogen-bond acceptors (Lipinski definition) is 12. The second-order valence-corrected chi connectivity index (χ2v) is 1.02. The maximum absolute atomic E-state index is 8.78. The zero-order valence-corrected chi connectivity index (χ0v) is 10.8. The predicted molar refractivity (Wildman–Crippen MR) is 27.3 cm³/mol. The first-order valence-electron chi connectivity index (χ1n) is 2.38. The van der Waals surface area contributed by atoms with Crippen molar-refractivity contribution in [3.63, 3.8) is 0 Å². The van der Waals surface area contributed by atoms with E-state index in [9.17, 15) is 0 Å². The number of hydrogen-bond donors (Lipinski definition) is 3. The summed E-state index contributed by atoms with van der Waals surface area (Å²) in [5, 5.41) is 47.3. The van der Waals surface area contributed by atoms with E-state index in [1.807, 2.05) is 0 Å². The Bertz CT molecular complexity index is 161. The zero-order chi connectivity index (χ0) is 12.9. The Morgan fingerprint density at radius 2 is 0.765 bits per heavy atom. The van der Waals surface area contributed by atoms with Crippen LogP contribution < -0.4 is 44.9 Å². The van der Waals surface area contributed by atoms with Crippen LogP contribution in [0.1, 0.15) is 0 Å². The minimum atomic E-state index is -1.94. The van der Waals surface area contributed by atoms with Gasteiger partial charge in [-0.05, 0) is 0 Å². The Morgan fingerprint density at radius 3 is 0.765 bits per heavy atom. The molecular weight excluding hydrogens is 310 g/mol. The van der Waals surface area contributed by atoms with Crippen LogP contribution in [0.2, 0.25) is 0 Å². The van der Waals surface area contributed by atoms with Gasteiger partial charge < -0.3 is 44.4 Å². The van der Waals surface area contributed by atoms with Gasteiger partial charge in [-0.3, -0.25) is 15.8 Å². The second-order valence-electron chi connectivity index (χ2n) is 1.02. The first-order chi connectivity index (χ1) is 6.81. The molecule has 17 heavy (non-hydrogen) atoms. The summed E-state index contributed by atoms with van der Waals surface area (Å²) in [7, 11) is 0. The van der Waals surface area contributed by atoms with Crippen LogP contribution in [-0.2, 0) is 31.2 Å². The minimum absolute atomic E-state index is 0. The summed E-state index contributed by atoms with van der Waals surface area (Å²) in [4.78, 5) is 34.0. The molecule has 0 spiro atoms. The van der Waals surface area contributed by atoms with E-state index in [1.165, 1.54) is 0 Å². The van der Waals surface area contributed by atoms with Crippen molar-refractivity contribution in [3.05, 3.63) is 0 Å². The predicted octanol–water partition coefficient (Wildman–Crippen LogP) is -6.54. The van der Waals surface area contributed by atoms with Crippen molar-refractivity contribution in [2.45, 2.75) is 0 Å². The van der Waals surface area contributed by atoms with Crippen molar-refractivity contribution in [3.8, 4) is 0 Å². The van der Waals surface area contributed by atoms with Crippen LogP contribution >= 0.6 is 0 Å². The van der Waals surface area contributed by atoms with E-state index in [-0.39, 0.29) is 46.0 Å². The van der Waals surface area contributed by atoms with E-state index in [2.05, 4.69) is 14.7 Å². The third-order valence-electron chi connectivity index (χ3n) is 0.224. The molecule has 0 unspecified atom stereocenters. The van der Waals surface area contributed by atoms with E-state index < -0.39 is 18.5 Å². The van der Waals surface area contributed by atoms with Crippen molar-refractivity contribution in [1.82, 2.24) is 0 Å². The van der Waals surface area contributed by atoms with Crippen LogP contribution in [0, 0.1) is 0 Å². The molecule has 0 amide bonds. The SMILES string of the molecule is O=C([O-])OO.O=C([O-])OO.O=C([O-])OO.[Na+].[Ni+2]. The van der Waals surface area contributed by atoms with Gasteiger partial charge in [0, 0.05) is 0 Å². The molecule has 0 bridgehead atoms. The Morgan fingerprint density at radius 1 is 0.706 bits per heavy atom. The molecule has 0 saturated heterocycles. The molecule has 98 valence electrons. The standard InChI is InChI=1S/3CH2O4.Na.Ni/c3*2-1(3)5-4;;/h3*4H,(H,2,3);;/q;;;+1;+2/p-3. The van der Waals surface area contributed by atoms with E-state index in [0.29, 0.717) is 0 Å². The molecule has 0 radical (unpaired) electrons. The molecule has 0 atom stereocenters. The fourth-order valence-corrected chi connectivity index (χ4v) is 0. The fraction of sp³-hybridized carbons (Fsp3) is 0. The van der Waals surface area contributed by atoms with Crippen molar-refractivity contribution < 1.29 is 106 Å². The monoisotopic (exact) mass is 312 g/mol. The van der Waals surface area contributed by atoms with Gasteiger partial charge >= 0.3 is 46.0 Å². The molecule has 0 aromatic heterocycles. The second kappa shape index (κ2) is 24.4. The number of rotatable bonds is 0. The van der Waals surface area contributed by atoms with Gasteiger partial charge in [0.2, 0.25) is 0 Å². The number of carbonyl (C=O) groups is 3. The van der Waals surface area contributed by atoms with Crippen LogP contribution in [0.3, 0.4) is 0 Å². The topological polar surface area (TPSA) is 209 Å². The molecule has 0 saturated carbocycles. The Labute approximate surface area is 124 Å². The molecule has 12 nitrogen and oxygen atoms in total. The van der Waals surface area contributed by atoms with E-state index in [0.717, 1.165) is 0 Å². The van der Waals surface area contributed by atoms with E-state index in [4.69, 9.17) is 45.5 Å².